The summed E-state index contributed by atoms with van der Waals surface area (Å²) in [6.07, 6.45) is 0.657. The van der Waals surface area contributed by atoms with Gasteiger partial charge in [0.25, 0.3) is 0 Å². The summed E-state index contributed by atoms with van der Waals surface area (Å²) in [5, 5.41) is 9.59. The average molecular weight is 248 g/mol. The SMILES string of the molecule is Cc1cc(C(C)(CC(C)C)C(=O)O)cc(C)c1C. The summed E-state index contributed by atoms with van der Waals surface area (Å²) < 4.78 is 0. The van der Waals surface area contributed by atoms with Gasteiger partial charge in [0.05, 0.1) is 5.41 Å². The van der Waals surface area contributed by atoms with Gasteiger partial charge in [0.15, 0.2) is 0 Å². The summed E-state index contributed by atoms with van der Waals surface area (Å²) in [6, 6.07) is 4.05. The smallest absolute Gasteiger partial charge is 0.313 e. The zero-order valence-electron chi connectivity index (χ0n) is 12.3. The third-order valence-corrected chi connectivity index (χ3v) is 3.85. The van der Waals surface area contributed by atoms with Crippen LogP contribution in [0.2, 0.25) is 0 Å². The number of benzene rings is 1. The minimum atomic E-state index is -0.794. The highest BCUT2D eigenvalue weighted by Crippen LogP contribution is 2.33. The molecule has 1 atom stereocenters. The molecule has 0 fully saturated rings. The van der Waals surface area contributed by atoms with E-state index >= 15 is 0 Å². The molecule has 1 aromatic carbocycles. The minimum Gasteiger partial charge on any atom is -0.481 e. The van der Waals surface area contributed by atoms with Crippen LogP contribution in [0.3, 0.4) is 0 Å². The third-order valence-electron chi connectivity index (χ3n) is 3.85. The van der Waals surface area contributed by atoms with E-state index in [0.717, 1.165) is 5.56 Å². The second kappa shape index (κ2) is 5.13. The fourth-order valence-corrected chi connectivity index (χ4v) is 2.50. The number of carbonyl (C=O) groups is 1. The number of hydrogen-bond acceptors (Lipinski definition) is 1. The Kier molecular flexibility index (Phi) is 4.20. The number of aryl methyl sites for hydroxylation is 2. The Bertz CT molecular complexity index is 437. The van der Waals surface area contributed by atoms with Crippen LogP contribution in [0.25, 0.3) is 0 Å². The van der Waals surface area contributed by atoms with E-state index in [0.29, 0.717) is 12.3 Å². The lowest BCUT2D eigenvalue weighted by Crippen LogP contribution is -2.34. The molecule has 0 heterocycles. The molecule has 1 unspecified atom stereocenters. The lowest BCUT2D eigenvalue weighted by Gasteiger charge is -2.28. The standard InChI is InChI=1S/C16H24O2/c1-10(2)9-16(6,15(17)18)14-7-11(3)13(5)12(4)8-14/h7-8,10H,9H2,1-6H3,(H,17,18). The molecule has 2 heteroatoms. The maximum atomic E-state index is 11.7. The molecule has 0 saturated carbocycles. The number of hydrogen-bond donors (Lipinski definition) is 1. The molecule has 0 spiro atoms. The zero-order chi connectivity index (χ0) is 14.1. The Hall–Kier alpha value is -1.31. The van der Waals surface area contributed by atoms with E-state index in [1.54, 1.807) is 0 Å². The van der Waals surface area contributed by atoms with Gasteiger partial charge in [0.1, 0.15) is 0 Å². The molecule has 0 aliphatic rings. The number of carboxylic acids is 1. The molecule has 2 nitrogen and oxygen atoms in total. The second-order valence-corrected chi connectivity index (χ2v) is 5.97. The Morgan fingerprint density at radius 3 is 2.00 bits per heavy atom. The molecule has 1 aromatic rings. The Labute approximate surface area is 110 Å². The van der Waals surface area contributed by atoms with Crippen molar-refractivity contribution in [2.24, 2.45) is 5.92 Å². The summed E-state index contributed by atoms with van der Waals surface area (Å²) in [7, 11) is 0. The highest BCUT2D eigenvalue weighted by molar-refractivity contribution is 5.81. The van der Waals surface area contributed by atoms with Crippen LogP contribution in [0.5, 0.6) is 0 Å². The molecule has 0 bridgehead atoms. The van der Waals surface area contributed by atoms with Crippen LogP contribution >= 0.6 is 0 Å². The molecule has 0 radical (unpaired) electrons. The van der Waals surface area contributed by atoms with Crippen molar-refractivity contribution < 1.29 is 9.90 Å². The summed E-state index contributed by atoms with van der Waals surface area (Å²) in [5.41, 5.74) is 3.71. The lowest BCUT2D eigenvalue weighted by molar-refractivity contribution is -0.143. The molecular weight excluding hydrogens is 224 g/mol. The van der Waals surface area contributed by atoms with Gasteiger partial charge >= 0.3 is 5.97 Å². The quantitative estimate of drug-likeness (QED) is 0.874. The summed E-state index contributed by atoms with van der Waals surface area (Å²) in [5.74, 6) is -0.383. The van der Waals surface area contributed by atoms with E-state index in [1.807, 2.05) is 32.9 Å². The van der Waals surface area contributed by atoms with Crippen molar-refractivity contribution in [3.8, 4) is 0 Å². The van der Waals surface area contributed by atoms with Gasteiger partial charge in [-0.2, -0.15) is 0 Å². The van der Waals surface area contributed by atoms with Crippen molar-refractivity contribution in [1.29, 1.82) is 0 Å². The fraction of sp³-hybridized carbons (Fsp3) is 0.562. The first-order valence-corrected chi connectivity index (χ1v) is 6.50. The molecule has 1 rings (SSSR count). The first-order chi connectivity index (χ1) is 8.18. The number of carboxylic acid groups (broad SMARTS) is 1. The van der Waals surface area contributed by atoms with Crippen LogP contribution in [0.1, 0.15) is 49.4 Å². The largest absolute Gasteiger partial charge is 0.481 e. The highest BCUT2D eigenvalue weighted by Gasteiger charge is 2.36. The Morgan fingerprint density at radius 1 is 1.22 bits per heavy atom. The number of rotatable bonds is 4. The van der Waals surface area contributed by atoms with Crippen LogP contribution in [0.15, 0.2) is 12.1 Å². The highest BCUT2D eigenvalue weighted by atomic mass is 16.4. The molecule has 0 saturated heterocycles. The lowest BCUT2D eigenvalue weighted by atomic mass is 9.75. The molecular formula is C16H24O2. The van der Waals surface area contributed by atoms with Gasteiger partial charge in [-0.05, 0) is 62.3 Å². The van der Waals surface area contributed by atoms with Crippen LogP contribution in [0, 0.1) is 26.7 Å². The van der Waals surface area contributed by atoms with E-state index in [-0.39, 0.29) is 0 Å². The van der Waals surface area contributed by atoms with Crippen LogP contribution in [-0.2, 0) is 10.2 Å². The van der Waals surface area contributed by atoms with Crippen LogP contribution < -0.4 is 0 Å². The third kappa shape index (κ3) is 2.74. The first kappa shape index (κ1) is 14.7. The predicted octanol–water partition coefficient (Wildman–Crippen LogP) is 4.00. The molecule has 0 aromatic heterocycles. The average Bonchev–Trinajstić information content (AvgIpc) is 2.23. The van der Waals surface area contributed by atoms with Gasteiger partial charge < -0.3 is 5.11 Å². The summed E-state index contributed by atoms with van der Waals surface area (Å²) >= 11 is 0. The monoisotopic (exact) mass is 248 g/mol. The Balaban J connectivity index is 3.35. The fourth-order valence-electron chi connectivity index (χ4n) is 2.50. The molecule has 100 valence electrons. The van der Waals surface area contributed by atoms with Crippen molar-refractivity contribution in [1.82, 2.24) is 0 Å². The maximum absolute atomic E-state index is 11.7. The molecule has 0 aliphatic carbocycles. The Morgan fingerprint density at radius 2 is 1.67 bits per heavy atom. The van der Waals surface area contributed by atoms with Crippen molar-refractivity contribution in [3.63, 3.8) is 0 Å². The van der Waals surface area contributed by atoms with E-state index in [9.17, 15) is 9.90 Å². The zero-order valence-corrected chi connectivity index (χ0v) is 12.3. The van der Waals surface area contributed by atoms with Crippen molar-refractivity contribution in [3.05, 3.63) is 34.4 Å². The van der Waals surface area contributed by atoms with Gasteiger partial charge in [-0.15, -0.1) is 0 Å². The molecule has 0 amide bonds. The van der Waals surface area contributed by atoms with Crippen LogP contribution in [-0.4, -0.2) is 11.1 Å². The van der Waals surface area contributed by atoms with E-state index < -0.39 is 11.4 Å². The minimum absolute atomic E-state index is 0.355. The van der Waals surface area contributed by atoms with Gasteiger partial charge in [-0.1, -0.05) is 26.0 Å². The van der Waals surface area contributed by atoms with Crippen molar-refractivity contribution >= 4 is 5.97 Å². The molecule has 18 heavy (non-hydrogen) atoms. The normalized spacial score (nSPS) is 14.6. The first-order valence-electron chi connectivity index (χ1n) is 6.50. The van der Waals surface area contributed by atoms with Gasteiger partial charge in [-0.3, -0.25) is 4.79 Å². The molecule has 1 N–H and O–H groups in total. The predicted molar refractivity (Wildman–Crippen MR) is 75.1 cm³/mol. The van der Waals surface area contributed by atoms with Gasteiger partial charge in [0, 0.05) is 0 Å². The summed E-state index contributed by atoms with van der Waals surface area (Å²) in [4.78, 5) is 11.7. The van der Waals surface area contributed by atoms with Gasteiger partial charge in [-0.25, -0.2) is 0 Å². The van der Waals surface area contributed by atoms with Crippen LogP contribution in [0.4, 0.5) is 0 Å². The molecule has 0 aliphatic heterocycles. The van der Waals surface area contributed by atoms with Crippen molar-refractivity contribution in [2.75, 3.05) is 0 Å². The van der Waals surface area contributed by atoms with Gasteiger partial charge in [0.2, 0.25) is 0 Å². The summed E-state index contributed by atoms with van der Waals surface area (Å²) in [6.45, 7) is 12.1. The maximum Gasteiger partial charge on any atom is 0.313 e. The topological polar surface area (TPSA) is 37.3 Å². The second-order valence-electron chi connectivity index (χ2n) is 5.97. The van der Waals surface area contributed by atoms with E-state index in [1.165, 1.54) is 16.7 Å². The van der Waals surface area contributed by atoms with E-state index in [4.69, 9.17) is 0 Å². The van der Waals surface area contributed by atoms with E-state index in [2.05, 4.69) is 20.8 Å². The van der Waals surface area contributed by atoms with Crippen molar-refractivity contribution in [2.45, 2.75) is 53.4 Å². The number of aliphatic carboxylic acids is 1.